The van der Waals surface area contributed by atoms with Gasteiger partial charge in [-0.15, -0.1) is 0 Å². The third-order valence-corrected chi connectivity index (χ3v) is 6.19. The van der Waals surface area contributed by atoms with Gasteiger partial charge in [-0.1, -0.05) is 12.1 Å². The Balaban J connectivity index is 0.00000192. The maximum atomic E-state index is 13.3. The van der Waals surface area contributed by atoms with Crippen LogP contribution in [0.15, 0.2) is 42.7 Å². The van der Waals surface area contributed by atoms with Gasteiger partial charge in [0, 0.05) is 25.5 Å². The zero-order valence-electron chi connectivity index (χ0n) is 15.4. The lowest BCUT2D eigenvalue weighted by molar-refractivity contribution is 0.0546. The summed E-state index contributed by atoms with van der Waals surface area (Å²) < 4.78 is 5.58. The number of ether oxygens (including phenoxy) is 1. The molecule has 0 bridgehead atoms. The molecule has 1 aliphatic carbocycles. The molecule has 1 fully saturated rings. The number of methoxy groups -OCH3 is 1. The molecule has 5 rings (SSSR count). The van der Waals surface area contributed by atoms with Crippen LogP contribution in [-0.4, -0.2) is 40.5 Å². The number of H-pyrrole nitrogens is 1. The maximum absolute atomic E-state index is 13.3. The molecule has 2 aromatic carbocycles. The lowest BCUT2D eigenvalue weighted by atomic mass is 9.74. The number of nitrogens with zero attached hydrogens (tertiary/aromatic N) is 2. The van der Waals surface area contributed by atoms with Gasteiger partial charge in [-0.3, -0.25) is 4.79 Å². The van der Waals surface area contributed by atoms with Crippen molar-refractivity contribution in [3.8, 4) is 5.75 Å². The van der Waals surface area contributed by atoms with Crippen LogP contribution >= 0.6 is 0 Å². The minimum atomic E-state index is 0. The minimum Gasteiger partial charge on any atom is -0.496 e. The molecule has 2 heterocycles. The molecule has 5 nitrogen and oxygen atoms in total. The van der Waals surface area contributed by atoms with Crippen molar-refractivity contribution in [2.24, 2.45) is 0 Å². The monoisotopic (exact) mass is 363 g/mol. The Morgan fingerprint density at radius 2 is 2.22 bits per heavy atom. The van der Waals surface area contributed by atoms with Crippen LogP contribution in [0.2, 0.25) is 0 Å². The molecule has 0 saturated carbocycles. The lowest BCUT2D eigenvalue weighted by Crippen LogP contribution is -2.49. The van der Waals surface area contributed by atoms with Crippen LogP contribution in [-0.2, 0) is 6.42 Å². The van der Waals surface area contributed by atoms with Crippen LogP contribution in [0.5, 0.6) is 5.75 Å². The van der Waals surface area contributed by atoms with Crippen molar-refractivity contribution < 1.29 is 11.0 Å². The number of hydrogen-bond donors (Lipinski definition) is 1. The summed E-state index contributed by atoms with van der Waals surface area (Å²) >= 11 is 0. The number of benzene rings is 2. The molecule has 2 unspecified atom stereocenters. The van der Waals surface area contributed by atoms with E-state index in [0.717, 1.165) is 54.6 Å². The first-order valence-electron chi connectivity index (χ1n) is 9.66. The van der Waals surface area contributed by atoms with Crippen molar-refractivity contribution in [3.05, 3.63) is 59.4 Å². The summed E-state index contributed by atoms with van der Waals surface area (Å²) in [6.07, 6.45) is 5.80. The van der Waals surface area contributed by atoms with Crippen LogP contribution in [0.3, 0.4) is 0 Å². The third-order valence-electron chi connectivity index (χ3n) is 6.19. The molecular formula is C22H25N3O2. The molecule has 0 spiro atoms. The molecule has 1 saturated heterocycles. The number of piperidine rings is 1. The number of fused-ring (bicyclic) bond motifs is 4. The molecule has 1 aliphatic heterocycles. The van der Waals surface area contributed by atoms with E-state index in [1.165, 1.54) is 11.1 Å². The first-order chi connectivity index (χ1) is 13.3. The second kappa shape index (κ2) is 6.41. The number of aromatic amines is 1. The molecule has 2 atom stereocenters. The van der Waals surface area contributed by atoms with Gasteiger partial charge in [0.2, 0.25) is 0 Å². The standard InChI is InChI=1S/C22H23N3O2.H2/c1-27-21-6-2-4-15-16-5-3-11-25(20(16)10-8-17(15)21)22(26)14-7-9-18-19(12-14)24-13-23-18;/h2,4,6-7,9,12-13,16,20H,3,5,8,10-11H2,1H3,(H,23,24);1H. The van der Waals surface area contributed by atoms with Crippen molar-refractivity contribution >= 4 is 16.9 Å². The van der Waals surface area contributed by atoms with Gasteiger partial charge in [0.05, 0.1) is 24.5 Å². The molecule has 5 heteroatoms. The topological polar surface area (TPSA) is 58.2 Å². The SMILES string of the molecule is COc1cccc2c1CCC1C2CCCN1C(=O)c1ccc2nc[nH]c2c1.[HH]. The number of hydrogen-bond acceptors (Lipinski definition) is 3. The van der Waals surface area contributed by atoms with Gasteiger partial charge in [-0.25, -0.2) is 4.98 Å². The molecule has 2 aliphatic rings. The summed E-state index contributed by atoms with van der Waals surface area (Å²) in [4.78, 5) is 22.8. The van der Waals surface area contributed by atoms with Gasteiger partial charge < -0.3 is 14.6 Å². The highest BCUT2D eigenvalue weighted by molar-refractivity contribution is 5.97. The van der Waals surface area contributed by atoms with Crippen molar-refractivity contribution in [1.29, 1.82) is 0 Å². The highest BCUT2D eigenvalue weighted by Gasteiger charge is 2.39. The fourth-order valence-corrected chi connectivity index (χ4v) is 4.94. The second-order valence-electron chi connectivity index (χ2n) is 7.52. The summed E-state index contributed by atoms with van der Waals surface area (Å²) in [5, 5.41) is 0. The number of imidazole rings is 1. The number of nitrogens with one attached hydrogen (secondary N) is 1. The largest absolute Gasteiger partial charge is 0.496 e. The molecule has 3 aromatic rings. The first-order valence-corrected chi connectivity index (χ1v) is 9.66. The summed E-state index contributed by atoms with van der Waals surface area (Å²) in [5.74, 6) is 1.52. The average Bonchev–Trinajstić information content (AvgIpc) is 3.20. The molecule has 27 heavy (non-hydrogen) atoms. The number of aromatic nitrogens is 2. The van der Waals surface area contributed by atoms with Gasteiger partial charge >= 0.3 is 0 Å². The van der Waals surface area contributed by atoms with E-state index >= 15 is 0 Å². The molecule has 0 radical (unpaired) electrons. The molecule has 140 valence electrons. The van der Waals surface area contributed by atoms with E-state index in [1.807, 2.05) is 24.3 Å². The Labute approximate surface area is 159 Å². The Morgan fingerprint density at radius 1 is 1.30 bits per heavy atom. The Bertz CT molecular complexity index is 1020. The molecule has 1 amide bonds. The fourth-order valence-electron chi connectivity index (χ4n) is 4.94. The van der Waals surface area contributed by atoms with Gasteiger partial charge in [0.25, 0.3) is 5.91 Å². The van der Waals surface area contributed by atoms with E-state index in [9.17, 15) is 4.79 Å². The van der Waals surface area contributed by atoms with Crippen LogP contribution in [0, 0.1) is 0 Å². The maximum Gasteiger partial charge on any atom is 0.254 e. The average molecular weight is 363 g/mol. The summed E-state index contributed by atoms with van der Waals surface area (Å²) in [7, 11) is 1.74. The highest BCUT2D eigenvalue weighted by Crippen LogP contribution is 2.43. The van der Waals surface area contributed by atoms with Crippen molar-refractivity contribution in [2.45, 2.75) is 37.6 Å². The van der Waals surface area contributed by atoms with Gasteiger partial charge in [-0.05, 0) is 61.1 Å². The quantitative estimate of drug-likeness (QED) is 0.744. The van der Waals surface area contributed by atoms with E-state index < -0.39 is 0 Å². The third kappa shape index (κ3) is 2.60. The summed E-state index contributed by atoms with van der Waals surface area (Å²) in [6.45, 7) is 0.834. The lowest BCUT2D eigenvalue weighted by Gasteiger charge is -2.45. The van der Waals surface area contributed by atoms with Crippen LogP contribution in [0.1, 0.15) is 48.1 Å². The van der Waals surface area contributed by atoms with Gasteiger partial charge in [-0.2, -0.15) is 0 Å². The minimum absolute atomic E-state index is 0. The number of carbonyl (C=O) groups excluding carboxylic acids is 1. The highest BCUT2D eigenvalue weighted by atomic mass is 16.5. The van der Waals surface area contributed by atoms with Crippen molar-refractivity contribution in [1.82, 2.24) is 14.9 Å². The summed E-state index contributed by atoms with van der Waals surface area (Å²) in [6, 6.07) is 12.4. The number of likely N-dealkylation sites (tertiary alicyclic amines) is 1. The van der Waals surface area contributed by atoms with E-state index in [1.54, 1.807) is 13.4 Å². The normalized spacial score (nSPS) is 21.6. The number of carbonyl (C=O) groups is 1. The van der Waals surface area contributed by atoms with E-state index in [-0.39, 0.29) is 13.4 Å². The van der Waals surface area contributed by atoms with Gasteiger partial charge in [0.1, 0.15) is 5.75 Å². The molecule has 1 N–H and O–H groups in total. The second-order valence-corrected chi connectivity index (χ2v) is 7.52. The zero-order valence-corrected chi connectivity index (χ0v) is 15.4. The van der Waals surface area contributed by atoms with E-state index in [2.05, 4.69) is 27.0 Å². The van der Waals surface area contributed by atoms with Crippen molar-refractivity contribution in [2.75, 3.05) is 13.7 Å². The van der Waals surface area contributed by atoms with E-state index in [0.29, 0.717) is 5.92 Å². The smallest absolute Gasteiger partial charge is 0.254 e. The van der Waals surface area contributed by atoms with Crippen LogP contribution in [0.4, 0.5) is 0 Å². The van der Waals surface area contributed by atoms with Gasteiger partial charge in [0.15, 0.2) is 0 Å². The predicted molar refractivity (Wildman–Crippen MR) is 106 cm³/mol. The summed E-state index contributed by atoms with van der Waals surface area (Å²) in [5.41, 5.74) is 5.24. The zero-order chi connectivity index (χ0) is 18.4. The predicted octanol–water partition coefficient (Wildman–Crippen LogP) is 4.15. The Hall–Kier alpha value is -2.82. The van der Waals surface area contributed by atoms with Crippen LogP contribution in [0.25, 0.3) is 11.0 Å². The Morgan fingerprint density at radius 3 is 3.11 bits per heavy atom. The Kier molecular flexibility index (Phi) is 3.88. The number of rotatable bonds is 2. The fraction of sp³-hybridized carbons (Fsp3) is 0.364. The van der Waals surface area contributed by atoms with Crippen molar-refractivity contribution in [3.63, 3.8) is 0 Å². The number of amides is 1. The first kappa shape index (κ1) is 16.4. The molecule has 1 aromatic heterocycles. The molecular weight excluding hydrogens is 338 g/mol. The van der Waals surface area contributed by atoms with Crippen LogP contribution < -0.4 is 4.74 Å². The van der Waals surface area contributed by atoms with E-state index in [4.69, 9.17) is 4.74 Å².